The molecule has 0 aliphatic carbocycles. The number of nitrogens with one attached hydrogen (secondary N) is 1. The number of halogens is 1. The Kier molecular flexibility index (Phi) is 4.86. The lowest BCUT2D eigenvalue weighted by Crippen LogP contribution is -2.14. The fourth-order valence-electron chi connectivity index (χ4n) is 3.21. The Hall–Kier alpha value is -3.54. The lowest BCUT2D eigenvalue weighted by atomic mass is 9.87. The molecule has 4 aromatic rings. The molecule has 6 heteroatoms. The number of hydrogen-bond donors (Lipinski definition) is 1. The van der Waals surface area contributed by atoms with Crippen molar-refractivity contribution in [2.24, 2.45) is 0 Å². The van der Waals surface area contributed by atoms with Crippen LogP contribution in [-0.4, -0.2) is 20.9 Å². The van der Waals surface area contributed by atoms with E-state index in [-0.39, 0.29) is 17.1 Å². The summed E-state index contributed by atoms with van der Waals surface area (Å²) in [7, 11) is 0. The summed E-state index contributed by atoms with van der Waals surface area (Å²) in [5.74, 6) is -0.490. The van der Waals surface area contributed by atoms with Gasteiger partial charge in [0.2, 0.25) is 0 Å². The third kappa shape index (κ3) is 3.94. The Balaban J connectivity index is 1.60. The average Bonchev–Trinajstić information content (AvgIpc) is 3.11. The Morgan fingerprint density at radius 2 is 1.53 bits per heavy atom. The van der Waals surface area contributed by atoms with E-state index in [1.807, 2.05) is 37.3 Å². The third-order valence-electron chi connectivity index (χ3n) is 5.05. The van der Waals surface area contributed by atoms with E-state index in [0.717, 1.165) is 5.56 Å². The summed E-state index contributed by atoms with van der Waals surface area (Å²) in [5, 5.41) is 11.9. The van der Waals surface area contributed by atoms with Crippen LogP contribution in [0.25, 0.3) is 16.7 Å². The zero-order valence-electron chi connectivity index (χ0n) is 17.4. The van der Waals surface area contributed by atoms with Gasteiger partial charge >= 0.3 is 0 Å². The van der Waals surface area contributed by atoms with Crippen molar-refractivity contribution in [3.63, 3.8) is 0 Å². The second-order valence-corrected chi connectivity index (χ2v) is 8.40. The molecule has 0 fully saturated rings. The molecule has 1 aromatic heterocycles. The molecule has 0 spiro atoms. The molecule has 0 radical (unpaired) electrons. The zero-order valence-corrected chi connectivity index (χ0v) is 17.4. The molecule has 3 aromatic carbocycles. The predicted molar refractivity (Wildman–Crippen MR) is 117 cm³/mol. The minimum Gasteiger partial charge on any atom is -0.322 e. The van der Waals surface area contributed by atoms with E-state index in [0.29, 0.717) is 28.0 Å². The minimum atomic E-state index is -0.313. The SMILES string of the molecule is Cc1cc2nn(-c3ccc(F)cc3)nc2cc1NC(=O)c1ccc(C(C)(C)C)cc1. The first-order valence-electron chi connectivity index (χ1n) is 9.76. The smallest absolute Gasteiger partial charge is 0.255 e. The number of nitrogens with zero attached hydrogens (tertiary/aromatic N) is 3. The molecule has 0 unspecified atom stereocenters. The summed E-state index contributed by atoms with van der Waals surface area (Å²) in [6.45, 7) is 8.33. The van der Waals surface area contributed by atoms with Gasteiger partial charge < -0.3 is 5.32 Å². The topological polar surface area (TPSA) is 59.8 Å². The first-order chi connectivity index (χ1) is 14.2. The van der Waals surface area contributed by atoms with Crippen molar-refractivity contribution in [1.82, 2.24) is 15.0 Å². The fourth-order valence-corrected chi connectivity index (χ4v) is 3.21. The Labute approximate surface area is 174 Å². The van der Waals surface area contributed by atoms with Crippen molar-refractivity contribution in [3.8, 4) is 5.69 Å². The number of amides is 1. The number of aromatic nitrogens is 3. The molecule has 0 aliphatic rings. The molecule has 4 rings (SSSR count). The minimum absolute atomic E-state index is 0.0347. The summed E-state index contributed by atoms with van der Waals surface area (Å²) in [6, 6.07) is 17.3. The highest BCUT2D eigenvalue weighted by Gasteiger charge is 2.15. The quantitative estimate of drug-likeness (QED) is 0.498. The standard InChI is InChI=1S/C24H23FN4O/c1-15-13-21-22(28-29(27-21)19-11-9-18(25)10-12-19)14-20(15)26-23(30)16-5-7-17(8-6-16)24(2,3)4/h5-14H,1-4H3,(H,26,30). The van der Waals surface area contributed by atoms with Crippen molar-refractivity contribution < 1.29 is 9.18 Å². The summed E-state index contributed by atoms with van der Waals surface area (Å²) < 4.78 is 13.2. The van der Waals surface area contributed by atoms with Gasteiger partial charge in [-0.15, -0.1) is 10.2 Å². The number of carbonyl (C=O) groups excluding carboxylic acids is 1. The van der Waals surface area contributed by atoms with Crippen LogP contribution in [0.4, 0.5) is 10.1 Å². The van der Waals surface area contributed by atoms with Crippen LogP contribution in [0.15, 0.2) is 60.7 Å². The first kappa shape index (κ1) is 19.8. The van der Waals surface area contributed by atoms with Gasteiger partial charge in [0.1, 0.15) is 16.9 Å². The molecule has 1 amide bonds. The summed E-state index contributed by atoms with van der Waals surface area (Å²) in [4.78, 5) is 14.2. The number of carbonyl (C=O) groups is 1. The van der Waals surface area contributed by atoms with Gasteiger partial charge in [-0.05, 0) is 72.0 Å². The van der Waals surface area contributed by atoms with Gasteiger partial charge in [0.15, 0.2) is 0 Å². The van der Waals surface area contributed by atoms with Crippen LogP contribution in [0.5, 0.6) is 0 Å². The molecule has 0 aliphatic heterocycles. The lowest BCUT2D eigenvalue weighted by Gasteiger charge is -2.19. The normalized spacial score (nSPS) is 11.6. The highest BCUT2D eigenvalue weighted by Crippen LogP contribution is 2.25. The maximum Gasteiger partial charge on any atom is 0.255 e. The van der Waals surface area contributed by atoms with Crippen molar-refractivity contribution in [3.05, 3.63) is 83.2 Å². The van der Waals surface area contributed by atoms with Gasteiger partial charge in [-0.1, -0.05) is 32.9 Å². The van der Waals surface area contributed by atoms with Crippen molar-refractivity contribution >= 4 is 22.6 Å². The van der Waals surface area contributed by atoms with Crippen LogP contribution in [0, 0.1) is 12.7 Å². The molecule has 1 N–H and O–H groups in total. The maximum atomic E-state index is 13.2. The third-order valence-corrected chi connectivity index (χ3v) is 5.05. The maximum absolute atomic E-state index is 13.2. The van der Waals surface area contributed by atoms with Crippen molar-refractivity contribution in [2.75, 3.05) is 5.32 Å². The monoisotopic (exact) mass is 402 g/mol. The van der Waals surface area contributed by atoms with Gasteiger partial charge in [-0.25, -0.2) is 4.39 Å². The Morgan fingerprint density at radius 1 is 0.933 bits per heavy atom. The van der Waals surface area contributed by atoms with E-state index in [4.69, 9.17) is 0 Å². The van der Waals surface area contributed by atoms with Gasteiger partial charge in [0.05, 0.1) is 5.69 Å². The molecule has 0 atom stereocenters. The Bertz CT molecular complexity index is 1220. The molecular weight excluding hydrogens is 379 g/mol. The molecule has 152 valence electrons. The number of aryl methyl sites for hydroxylation is 1. The van der Waals surface area contributed by atoms with E-state index < -0.39 is 0 Å². The predicted octanol–water partition coefficient (Wildman–Crippen LogP) is 5.42. The number of fused-ring (bicyclic) bond motifs is 1. The second-order valence-electron chi connectivity index (χ2n) is 8.40. The number of rotatable bonds is 3. The molecule has 0 saturated heterocycles. The molecule has 1 heterocycles. The number of hydrogen-bond acceptors (Lipinski definition) is 3. The van der Waals surface area contributed by atoms with Gasteiger partial charge in [-0.3, -0.25) is 4.79 Å². The van der Waals surface area contributed by atoms with Crippen molar-refractivity contribution in [1.29, 1.82) is 0 Å². The average molecular weight is 402 g/mol. The molecular formula is C24H23FN4O. The lowest BCUT2D eigenvalue weighted by molar-refractivity contribution is 0.102. The highest BCUT2D eigenvalue weighted by molar-refractivity contribution is 6.05. The molecule has 5 nitrogen and oxygen atoms in total. The Morgan fingerprint density at radius 3 is 2.13 bits per heavy atom. The van der Waals surface area contributed by atoms with Crippen LogP contribution in [0.1, 0.15) is 42.3 Å². The molecule has 0 bridgehead atoms. The fraction of sp³-hybridized carbons (Fsp3) is 0.208. The van der Waals surface area contributed by atoms with Crippen LogP contribution >= 0.6 is 0 Å². The number of anilines is 1. The van der Waals surface area contributed by atoms with E-state index in [1.165, 1.54) is 22.5 Å². The zero-order chi connectivity index (χ0) is 21.5. The van der Waals surface area contributed by atoms with E-state index in [9.17, 15) is 9.18 Å². The largest absolute Gasteiger partial charge is 0.322 e. The molecule has 0 saturated carbocycles. The van der Waals surface area contributed by atoms with Crippen molar-refractivity contribution in [2.45, 2.75) is 33.1 Å². The second kappa shape index (κ2) is 7.37. The van der Waals surface area contributed by atoms with Gasteiger partial charge in [-0.2, -0.15) is 4.80 Å². The number of benzene rings is 3. The molecule has 30 heavy (non-hydrogen) atoms. The summed E-state index contributed by atoms with van der Waals surface area (Å²) >= 11 is 0. The van der Waals surface area contributed by atoms with Crippen LogP contribution < -0.4 is 5.32 Å². The van der Waals surface area contributed by atoms with E-state index in [2.05, 4.69) is 36.3 Å². The summed E-state index contributed by atoms with van der Waals surface area (Å²) in [6.07, 6.45) is 0. The van der Waals surface area contributed by atoms with Gasteiger partial charge in [0.25, 0.3) is 5.91 Å². The van der Waals surface area contributed by atoms with Crippen LogP contribution in [0.3, 0.4) is 0 Å². The first-order valence-corrected chi connectivity index (χ1v) is 9.76. The summed E-state index contributed by atoms with van der Waals surface area (Å²) in [5.41, 5.74) is 5.37. The van der Waals surface area contributed by atoms with Crippen LogP contribution in [-0.2, 0) is 5.41 Å². The van der Waals surface area contributed by atoms with Gasteiger partial charge in [0, 0.05) is 11.3 Å². The van der Waals surface area contributed by atoms with E-state index in [1.54, 1.807) is 18.2 Å². The highest BCUT2D eigenvalue weighted by atomic mass is 19.1. The van der Waals surface area contributed by atoms with Crippen LogP contribution in [0.2, 0.25) is 0 Å². The van der Waals surface area contributed by atoms with E-state index >= 15 is 0 Å².